The maximum atomic E-state index is 5.27. The van der Waals surface area contributed by atoms with Gasteiger partial charge in [0.25, 0.3) is 0 Å². The molecule has 0 unspecified atom stereocenters. The van der Waals surface area contributed by atoms with Crippen LogP contribution in [0.2, 0.25) is 0 Å². The van der Waals surface area contributed by atoms with Gasteiger partial charge in [0.1, 0.15) is 0 Å². The molecule has 94 valence electrons. The molecular weight excluding hydrogens is 232 g/mol. The second-order valence-corrected chi connectivity index (χ2v) is 4.49. The lowest BCUT2D eigenvalue weighted by molar-refractivity contribution is 0.489. The summed E-state index contributed by atoms with van der Waals surface area (Å²) in [5.41, 5.74) is 3.47. The van der Waals surface area contributed by atoms with Crippen LogP contribution in [0.5, 0.6) is 0 Å². The molecule has 1 heterocycles. The number of thiocarbonyl (C=S) groups is 1. The first kappa shape index (κ1) is 13.7. The fourth-order valence-electron chi connectivity index (χ4n) is 1.65. The lowest BCUT2D eigenvalue weighted by atomic mass is 10.2. The zero-order valence-corrected chi connectivity index (χ0v) is 11.8. The highest BCUT2D eigenvalue weighted by Crippen LogP contribution is 2.13. The van der Waals surface area contributed by atoms with Crippen LogP contribution in [0.3, 0.4) is 0 Å². The van der Waals surface area contributed by atoms with Gasteiger partial charge in [-0.1, -0.05) is 6.08 Å². The van der Waals surface area contributed by atoms with Crippen LogP contribution < -0.4 is 5.32 Å². The molecule has 0 aliphatic heterocycles. The SMILES string of the molecule is C=CCNC(=S)N(C)Cc1c(C)nn(C)c1C. The van der Waals surface area contributed by atoms with Crippen LogP contribution in [0.4, 0.5) is 0 Å². The standard InChI is InChI=1S/C12H20N4S/c1-6-7-13-12(17)15(4)8-11-9(2)14-16(5)10(11)3/h6H,1,7-8H2,2-5H3,(H,13,17). The Hall–Kier alpha value is -1.36. The van der Waals surface area contributed by atoms with Crippen LogP contribution in [0.25, 0.3) is 0 Å². The minimum absolute atomic E-state index is 0.689. The number of nitrogens with one attached hydrogen (secondary N) is 1. The van der Waals surface area contributed by atoms with Crippen molar-refractivity contribution >= 4 is 17.3 Å². The van der Waals surface area contributed by atoms with Gasteiger partial charge in [-0.3, -0.25) is 4.68 Å². The van der Waals surface area contributed by atoms with Crippen molar-refractivity contribution in [2.45, 2.75) is 20.4 Å². The molecule has 0 aliphatic carbocycles. The summed E-state index contributed by atoms with van der Waals surface area (Å²) in [6.45, 7) is 9.21. The van der Waals surface area contributed by atoms with E-state index in [9.17, 15) is 0 Å². The molecule has 0 amide bonds. The molecule has 1 aromatic rings. The number of rotatable bonds is 4. The predicted octanol–water partition coefficient (Wildman–Crippen LogP) is 1.53. The second kappa shape index (κ2) is 5.82. The van der Waals surface area contributed by atoms with Gasteiger partial charge in [-0.2, -0.15) is 5.10 Å². The third-order valence-corrected chi connectivity index (χ3v) is 3.25. The molecule has 0 saturated carbocycles. The summed E-state index contributed by atoms with van der Waals surface area (Å²) >= 11 is 5.27. The van der Waals surface area contributed by atoms with E-state index in [0.29, 0.717) is 6.54 Å². The van der Waals surface area contributed by atoms with E-state index in [0.717, 1.165) is 17.4 Å². The van der Waals surface area contributed by atoms with Gasteiger partial charge in [-0.25, -0.2) is 0 Å². The third-order valence-electron chi connectivity index (χ3n) is 2.80. The molecule has 0 saturated heterocycles. The largest absolute Gasteiger partial charge is 0.359 e. The van der Waals surface area contributed by atoms with Gasteiger partial charge in [-0.15, -0.1) is 6.58 Å². The molecule has 1 N–H and O–H groups in total. The van der Waals surface area contributed by atoms with Crippen LogP contribution in [-0.4, -0.2) is 33.4 Å². The highest BCUT2D eigenvalue weighted by molar-refractivity contribution is 7.80. The van der Waals surface area contributed by atoms with Gasteiger partial charge in [0.15, 0.2) is 5.11 Å². The Bertz CT molecular complexity index is 422. The maximum Gasteiger partial charge on any atom is 0.169 e. The fraction of sp³-hybridized carbons (Fsp3) is 0.500. The molecule has 5 heteroatoms. The molecule has 0 spiro atoms. The monoisotopic (exact) mass is 252 g/mol. The summed E-state index contributed by atoms with van der Waals surface area (Å²) in [7, 11) is 3.93. The van der Waals surface area contributed by atoms with Crippen molar-refractivity contribution in [1.82, 2.24) is 20.0 Å². The van der Waals surface area contributed by atoms with Gasteiger partial charge in [0, 0.05) is 38.4 Å². The fourth-order valence-corrected chi connectivity index (χ4v) is 1.80. The van der Waals surface area contributed by atoms with Gasteiger partial charge >= 0.3 is 0 Å². The van der Waals surface area contributed by atoms with Crippen molar-refractivity contribution < 1.29 is 0 Å². The number of aromatic nitrogens is 2. The van der Waals surface area contributed by atoms with Gasteiger partial charge in [0.2, 0.25) is 0 Å². The Balaban J connectivity index is 2.70. The highest BCUT2D eigenvalue weighted by atomic mass is 32.1. The quantitative estimate of drug-likeness (QED) is 0.651. The molecular formula is C12H20N4S. The summed E-state index contributed by atoms with van der Waals surface area (Å²) in [6.07, 6.45) is 1.79. The normalized spacial score (nSPS) is 10.1. The van der Waals surface area contributed by atoms with Gasteiger partial charge in [-0.05, 0) is 26.1 Å². The lowest BCUT2D eigenvalue weighted by Crippen LogP contribution is -2.36. The summed E-state index contributed by atoms with van der Waals surface area (Å²) in [6, 6.07) is 0. The number of aryl methyl sites for hydroxylation is 2. The van der Waals surface area contributed by atoms with E-state index >= 15 is 0 Å². The van der Waals surface area contributed by atoms with E-state index < -0.39 is 0 Å². The molecule has 0 aromatic carbocycles. The van der Waals surface area contributed by atoms with Crippen LogP contribution in [0, 0.1) is 13.8 Å². The first-order valence-corrected chi connectivity index (χ1v) is 5.97. The average molecular weight is 252 g/mol. The van der Waals surface area contributed by atoms with E-state index in [4.69, 9.17) is 12.2 Å². The second-order valence-electron chi connectivity index (χ2n) is 4.10. The van der Waals surface area contributed by atoms with Crippen molar-refractivity contribution in [2.75, 3.05) is 13.6 Å². The van der Waals surface area contributed by atoms with Crippen molar-refractivity contribution in [3.8, 4) is 0 Å². The van der Waals surface area contributed by atoms with Crippen LogP contribution in [-0.2, 0) is 13.6 Å². The zero-order chi connectivity index (χ0) is 13.0. The van der Waals surface area contributed by atoms with Crippen molar-refractivity contribution in [3.05, 3.63) is 29.6 Å². The Morgan fingerprint density at radius 1 is 1.59 bits per heavy atom. The summed E-state index contributed by atoms with van der Waals surface area (Å²) in [4.78, 5) is 2.01. The molecule has 4 nitrogen and oxygen atoms in total. The molecule has 0 radical (unpaired) electrons. The van der Waals surface area contributed by atoms with Gasteiger partial charge in [0.05, 0.1) is 5.69 Å². The smallest absolute Gasteiger partial charge is 0.169 e. The van der Waals surface area contributed by atoms with Crippen LogP contribution in [0.15, 0.2) is 12.7 Å². The Kier molecular flexibility index (Phi) is 4.69. The van der Waals surface area contributed by atoms with Crippen LogP contribution >= 0.6 is 12.2 Å². The number of hydrogen-bond acceptors (Lipinski definition) is 2. The van der Waals surface area contributed by atoms with E-state index in [1.807, 2.05) is 30.6 Å². The highest BCUT2D eigenvalue weighted by Gasteiger charge is 2.12. The van der Waals surface area contributed by atoms with E-state index in [1.165, 1.54) is 11.3 Å². The molecule has 1 aromatic heterocycles. The Morgan fingerprint density at radius 3 is 2.71 bits per heavy atom. The number of nitrogens with zero attached hydrogens (tertiary/aromatic N) is 3. The molecule has 0 atom stereocenters. The summed E-state index contributed by atoms with van der Waals surface area (Å²) < 4.78 is 1.90. The molecule has 17 heavy (non-hydrogen) atoms. The number of hydrogen-bond donors (Lipinski definition) is 1. The zero-order valence-electron chi connectivity index (χ0n) is 10.9. The van der Waals surface area contributed by atoms with Crippen LogP contribution in [0.1, 0.15) is 17.0 Å². The molecule has 0 fully saturated rings. The Labute approximate surface area is 108 Å². The lowest BCUT2D eigenvalue weighted by Gasteiger charge is -2.20. The van der Waals surface area contributed by atoms with E-state index in [1.54, 1.807) is 6.08 Å². The maximum absolute atomic E-state index is 5.27. The molecule has 0 aliphatic rings. The summed E-state index contributed by atoms with van der Waals surface area (Å²) in [5, 5.41) is 8.23. The van der Waals surface area contributed by atoms with E-state index in [-0.39, 0.29) is 0 Å². The van der Waals surface area contributed by atoms with Gasteiger partial charge < -0.3 is 10.2 Å². The first-order valence-electron chi connectivity index (χ1n) is 5.56. The topological polar surface area (TPSA) is 33.1 Å². The van der Waals surface area contributed by atoms with Crippen molar-refractivity contribution in [1.29, 1.82) is 0 Å². The average Bonchev–Trinajstić information content (AvgIpc) is 2.52. The minimum atomic E-state index is 0.689. The van der Waals surface area contributed by atoms with Crippen molar-refractivity contribution in [2.24, 2.45) is 7.05 Å². The van der Waals surface area contributed by atoms with E-state index in [2.05, 4.69) is 23.9 Å². The predicted molar refractivity (Wildman–Crippen MR) is 74.9 cm³/mol. The van der Waals surface area contributed by atoms with Crippen molar-refractivity contribution in [3.63, 3.8) is 0 Å². The first-order chi connectivity index (χ1) is 7.97. The minimum Gasteiger partial charge on any atom is -0.359 e. The molecule has 0 bridgehead atoms. The molecule has 1 rings (SSSR count). The summed E-state index contributed by atoms with van der Waals surface area (Å²) in [5.74, 6) is 0. The Morgan fingerprint density at radius 2 is 2.24 bits per heavy atom. The third kappa shape index (κ3) is 3.30.